The lowest BCUT2D eigenvalue weighted by molar-refractivity contribution is 0.0337. The highest BCUT2D eigenvalue weighted by Crippen LogP contribution is 2.13. The number of aliphatic hydroxyl groups excluding tert-OH is 1. The Morgan fingerprint density at radius 1 is 1.35 bits per heavy atom. The first-order chi connectivity index (χ1) is 9.67. The Hall–Kier alpha value is -0.0400. The number of rotatable bonds is 12. The van der Waals surface area contributed by atoms with Crippen LogP contribution in [0.2, 0.25) is 0 Å². The van der Waals surface area contributed by atoms with Gasteiger partial charge < -0.3 is 19.9 Å². The molecule has 2 atom stereocenters. The van der Waals surface area contributed by atoms with E-state index in [2.05, 4.69) is 31.8 Å². The van der Waals surface area contributed by atoms with Gasteiger partial charge in [0, 0.05) is 18.9 Å². The predicted octanol–water partition coefficient (Wildman–Crippen LogP) is 2.40. The fraction of sp³-hybridized carbons (Fsp3) is 0.929. The van der Waals surface area contributed by atoms with E-state index in [1.54, 1.807) is 0 Å². The Bertz CT molecular complexity index is 242. The fourth-order valence-electron chi connectivity index (χ4n) is 1.74. The molecule has 0 aliphatic rings. The van der Waals surface area contributed by atoms with Crippen molar-refractivity contribution < 1.29 is 14.6 Å². The van der Waals surface area contributed by atoms with Gasteiger partial charge >= 0.3 is 0 Å². The summed E-state index contributed by atoms with van der Waals surface area (Å²) in [7, 11) is 0. The van der Waals surface area contributed by atoms with Gasteiger partial charge in [-0.15, -0.1) is 0 Å². The Morgan fingerprint density at radius 3 is 2.65 bits per heavy atom. The van der Waals surface area contributed by atoms with Gasteiger partial charge in [0.2, 0.25) is 0 Å². The Kier molecular flexibility index (Phi) is 13.9. The maximum atomic E-state index is 8.69. The highest BCUT2D eigenvalue weighted by Gasteiger charge is 2.12. The zero-order valence-electron chi connectivity index (χ0n) is 12.6. The molecule has 0 radical (unpaired) electrons. The minimum Gasteiger partial charge on any atom is -0.464 e. The van der Waals surface area contributed by atoms with E-state index in [0.717, 1.165) is 13.0 Å². The van der Waals surface area contributed by atoms with Gasteiger partial charge in [-0.3, -0.25) is 0 Å². The largest absolute Gasteiger partial charge is 0.464 e. The number of hydrogen-bond donors (Lipinski definition) is 3. The Labute approximate surface area is 134 Å². The summed E-state index contributed by atoms with van der Waals surface area (Å²) < 4.78 is 11.2. The molecule has 6 heteroatoms. The molecular formula is C14H29NO3S2. The summed E-state index contributed by atoms with van der Waals surface area (Å²) in [6, 6.07) is 0. The lowest BCUT2D eigenvalue weighted by Gasteiger charge is -2.20. The summed E-state index contributed by atoms with van der Waals surface area (Å²) in [5.74, 6) is 1.17. The normalized spacial score (nSPS) is 13.8. The first-order valence-corrected chi connectivity index (χ1v) is 8.45. The van der Waals surface area contributed by atoms with E-state index in [1.807, 2.05) is 0 Å². The molecule has 0 amide bonds. The van der Waals surface area contributed by atoms with Crippen LogP contribution in [0.5, 0.6) is 0 Å². The third-order valence-electron chi connectivity index (χ3n) is 3.06. The topological polar surface area (TPSA) is 50.7 Å². The summed E-state index contributed by atoms with van der Waals surface area (Å²) in [5.41, 5.74) is 0. The van der Waals surface area contributed by atoms with Gasteiger partial charge in [-0.1, -0.05) is 33.1 Å². The van der Waals surface area contributed by atoms with E-state index >= 15 is 0 Å². The van der Waals surface area contributed by atoms with Gasteiger partial charge in [0.1, 0.15) is 6.10 Å². The van der Waals surface area contributed by atoms with Crippen LogP contribution in [0.3, 0.4) is 0 Å². The molecule has 0 spiro atoms. The first-order valence-electron chi connectivity index (χ1n) is 7.41. The second kappa shape index (κ2) is 13.9. The highest BCUT2D eigenvalue weighted by atomic mass is 32.1. The monoisotopic (exact) mass is 323 g/mol. The van der Waals surface area contributed by atoms with Crippen molar-refractivity contribution in [2.45, 2.75) is 45.6 Å². The molecular weight excluding hydrogens is 294 g/mol. The maximum absolute atomic E-state index is 8.69. The van der Waals surface area contributed by atoms with Crippen LogP contribution in [-0.2, 0) is 9.47 Å². The molecule has 0 saturated carbocycles. The second-order valence-electron chi connectivity index (χ2n) is 4.81. The molecule has 4 nitrogen and oxygen atoms in total. The van der Waals surface area contributed by atoms with Crippen molar-refractivity contribution in [3.8, 4) is 0 Å². The van der Waals surface area contributed by atoms with E-state index in [4.69, 9.17) is 26.8 Å². The molecule has 120 valence electrons. The lowest BCUT2D eigenvalue weighted by Crippen LogP contribution is -2.34. The molecule has 0 aliphatic heterocycles. The Balaban J connectivity index is 3.84. The molecule has 0 aromatic heterocycles. The van der Waals surface area contributed by atoms with Crippen molar-refractivity contribution in [2.75, 3.05) is 32.1 Å². The average molecular weight is 324 g/mol. The van der Waals surface area contributed by atoms with Crippen molar-refractivity contribution >= 4 is 30.0 Å². The van der Waals surface area contributed by atoms with E-state index < -0.39 is 0 Å². The van der Waals surface area contributed by atoms with Crippen LogP contribution < -0.4 is 5.32 Å². The van der Waals surface area contributed by atoms with Crippen molar-refractivity contribution in [3.05, 3.63) is 0 Å². The molecule has 0 heterocycles. The standard InChI is InChI=1S/C14H29NO3S2/c1-3-5-6-12(4-2)9-17-10-13(11-19)18-14(20)15-7-8-16/h12-13,16,19H,3-11H2,1-2H3,(H,15,20). The molecule has 2 N–H and O–H groups in total. The van der Waals surface area contributed by atoms with Crippen molar-refractivity contribution in [1.29, 1.82) is 0 Å². The third-order valence-corrected chi connectivity index (χ3v) is 3.71. The van der Waals surface area contributed by atoms with Crippen LogP contribution in [0.4, 0.5) is 0 Å². The number of aliphatic hydroxyl groups is 1. The molecule has 2 unspecified atom stereocenters. The maximum Gasteiger partial charge on any atom is 0.257 e. The molecule has 0 rings (SSSR count). The van der Waals surface area contributed by atoms with E-state index in [-0.39, 0.29) is 12.7 Å². The zero-order chi connectivity index (χ0) is 15.2. The van der Waals surface area contributed by atoms with Gasteiger partial charge in [-0.05, 0) is 24.6 Å². The number of nitrogens with one attached hydrogen (secondary N) is 1. The Morgan fingerprint density at radius 2 is 2.10 bits per heavy atom. The molecule has 20 heavy (non-hydrogen) atoms. The SMILES string of the molecule is CCCCC(CC)COCC(CS)OC(=S)NCCO. The zero-order valence-corrected chi connectivity index (χ0v) is 14.3. The average Bonchev–Trinajstić information content (AvgIpc) is 2.47. The number of thiocarbonyl (C=S) groups is 1. The van der Waals surface area contributed by atoms with Gasteiger partial charge in [0.15, 0.2) is 0 Å². The minimum absolute atomic E-state index is 0.0289. The van der Waals surface area contributed by atoms with Crippen LogP contribution in [0.1, 0.15) is 39.5 Å². The summed E-state index contributed by atoms with van der Waals surface area (Å²) >= 11 is 9.25. The smallest absolute Gasteiger partial charge is 0.257 e. The van der Waals surface area contributed by atoms with Crippen molar-refractivity contribution in [3.63, 3.8) is 0 Å². The molecule has 0 bridgehead atoms. The van der Waals surface area contributed by atoms with Crippen molar-refractivity contribution in [1.82, 2.24) is 5.32 Å². The summed E-state index contributed by atoms with van der Waals surface area (Å²) in [6.45, 7) is 6.09. The lowest BCUT2D eigenvalue weighted by atomic mass is 10.0. The fourth-order valence-corrected chi connectivity index (χ4v) is 2.16. The van der Waals surface area contributed by atoms with E-state index in [1.165, 1.54) is 19.3 Å². The first kappa shape index (κ1) is 20.0. The summed E-state index contributed by atoms with van der Waals surface area (Å²) in [5, 5.41) is 11.8. The number of thiol groups is 1. The highest BCUT2D eigenvalue weighted by molar-refractivity contribution is 7.80. The molecule has 0 aromatic rings. The van der Waals surface area contributed by atoms with Gasteiger partial charge in [-0.2, -0.15) is 12.6 Å². The van der Waals surface area contributed by atoms with Crippen LogP contribution in [-0.4, -0.2) is 48.5 Å². The van der Waals surface area contributed by atoms with Gasteiger partial charge in [0.25, 0.3) is 5.17 Å². The third kappa shape index (κ3) is 10.7. The minimum atomic E-state index is -0.152. The van der Waals surface area contributed by atoms with Crippen molar-refractivity contribution in [2.24, 2.45) is 5.92 Å². The number of unbranched alkanes of at least 4 members (excludes halogenated alkanes) is 1. The van der Waals surface area contributed by atoms with E-state index in [9.17, 15) is 0 Å². The van der Waals surface area contributed by atoms with Crippen LogP contribution in [0.25, 0.3) is 0 Å². The van der Waals surface area contributed by atoms with Gasteiger partial charge in [0.05, 0.1) is 13.2 Å². The predicted molar refractivity (Wildman–Crippen MR) is 90.5 cm³/mol. The van der Waals surface area contributed by atoms with Gasteiger partial charge in [-0.25, -0.2) is 0 Å². The second-order valence-corrected chi connectivity index (χ2v) is 5.55. The molecule has 0 aliphatic carbocycles. The number of ether oxygens (including phenoxy) is 2. The van der Waals surface area contributed by atoms with E-state index in [0.29, 0.717) is 30.0 Å². The molecule has 0 aromatic carbocycles. The van der Waals surface area contributed by atoms with Crippen LogP contribution >= 0.6 is 24.8 Å². The summed E-state index contributed by atoms with van der Waals surface area (Å²) in [6.07, 6.45) is 4.69. The molecule has 0 fully saturated rings. The summed E-state index contributed by atoms with van der Waals surface area (Å²) in [4.78, 5) is 0. The number of hydrogen-bond acceptors (Lipinski definition) is 5. The van der Waals surface area contributed by atoms with Crippen LogP contribution in [0, 0.1) is 5.92 Å². The van der Waals surface area contributed by atoms with Crippen LogP contribution in [0.15, 0.2) is 0 Å². The molecule has 0 saturated heterocycles. The quantitative estimate of drug-likeness (QED) is 0.380.